The van der Waals surface area contributed by atoms with Gasteiger partial charge in [0.05, 0.1) is 6.04 Å². The Balaban J connectivity index is 1.87. The molecule has 142 valence electrons. The molecule has 0 bridgehead atoms. The number of hydrogen-bond acceptors (Lipinski definition) is 2. The van der Waals surface area contributed by atoms with E-state index in [1.807, 2.05) is 6.07 Å². The van der Waals surface area contributed by atoms with Crippen molar-refractivity contribution in [2.75, 3.05) is 6.54 Å². The molecule has 1 heterocycles. The summed E-state index contributed by atoms with van der Waals surface area (Å²) in [7, 11) is 0. The highest BCUT2D eigenvalue weighted by Gasteiger charge is 2.54. The minimum absolute atomic E-state index is 0.000127. The van der Waals surface area contributed by atoms with Gasteiger partial charge in [0.1, 0.15) is 12.5 Å². The molecule has 0 spiro atoms. The van der Waals surface area contributed by atoms with Crippen molar-refractivity contribution >= 4 is 6.09 Å². The maximum absolute atomic E-state index is 13.7. The Morgan fingerprint density at radius 1 is 1.19 bits per heavy atom. The molecule has 27 heavy (non-hydrogen) atoms. The summed E-state index contributed by atoms with van der Waals surface area (Å²) in [5.74, 6) is -1.82. The molecule has 1 aliphatic heterocycles. The van der Waals surface area contributed by atoms with E-state index in [0.29, 0.717) is 5.56 Å². The van der Waals surface area contributed by atoms with Gasteiger partial charge in [0, 0.05) is 6.54 Å². The molecule has 3 rings (SSSR count). The number of ether oxygens (including phenoxy) is 1. The number of hydrogen-bond donors (Lipinski definition) is 0. The third-order valence-electron chi connectivity index (χ3n) is 4.64. The molecule has 2 aromatic rings. The lowest BCUT2D eigenvalue weighted by molar-refractivity contribution is -0.171. The quantitative estimate of drug-likeness (QED) is 0.670. The number of benzene rings is 2. The fourth-order valence-electron chi connectivity index (χ4n) is 3.44. The number of rotatable bonds is 3. The van der Waals surface area contributed by atoms with Gasteiger partial charge in [-0.15, -0.1) is 0 Å². The van der Waals surface area contributed by atoms with Crippen molar-refractivity contribution in [3.05, 3.63) is 83.4 Å². The first-order valence-corrected chi connectivity index (χ1v) is 8.55. The number of carbonyl (C=O) groups excluding carboxylic acids is 1. The highest BCUT2D eigenvalue weighted by atomic mass is 19.4. The monoisotopic (exact) mass is 375 g/mol. The van der Waals surface area contributed by atoms with Crippen molar-refractivity contribution in [3.8, 4) is 0 Å². The highest BCUT2D eigenvalue weighted by Crippen LogP contribution is 2.48. The van der Waals surface area contributed by atoms with E-state index in [1.165, 1.54) is 0 Å². The van der Waals surface area contributed by atoms with Crippen LogP contribution in [0.25, 0.3) is 0 Å². The second kappa shape index (κ2) is 7.47. The fraction of sp³-hybridized carbons (Fsp3) is 0.286. The predicted octanol–water partition coefficient (Wildman–Crippen LogP) is 5.42. The van der Waals surface area contributed by atoms with Crippen molar-refractivity contribution < 1.29 is 22.7 Å². The first-order valence-electron chi connectivity index (χ1n) is 8.55. The van der Waals surface area contributed by atoms with E-state index in [-0.39, 0.29) is 18.7 Å². The van der Waals surface area contributed by atoms with E-state index >= 15 is 0 Å². The summed E-state index contributed by atoms with van der Waals surface area (Å²) < 4.78 is 46.4. The molecule has 1 amide bonds. The third-order valence-corrected chi connectivity index (χ3v) is 4.64. The van der Waals surface area contributed by atoms with Gasteiger partial charge in [0.25, 0.3) is 0 Å². The van der Waals surface area contributed by atoms with Crippen molar-refractivity contribution in [3.63, 3.8) is 0 Å². The molecule has 1 fully saturated rings. The van der Waals surface area contributed by atoms with Crippen LogP contribution in [0.5, 0.6) is 0 Å². The van der Waals surface area contributed by atoms with E-state index in [1.54, 1.807) is 55.5 Å². The summed E-state index contributed by atoms with van der Waals surface area (Å²) in [5, 5.41) is 0. The van der Waals surface area contributed by atoms with E-state index in [0.717, 1.165) is 16.0 Å². The summed E-state index contributed by atoms with van der Waals surface area (Å²) in [6.45, 7) is 5.20. The largest absolute Gasteiger partial charge is 0.445 e. The van der Waals surface area contributed by atoms with Crippen LogP contribution < -0.4 is 0 Å². The molecule has 0 aliphatic carbocycles. The van der Waals surface area contributed by atoms with Crippen LogP contribution in [-0.2, 0) is 11.3 Å². The van der Waals surface area contributed by atoms with Crippen molar-refractivity contribution in [2.24, 2.45) is 5.92 Å². The zero-order valence-electron chi connectivity index (χ0n) is 14.9. The number of halogens is 3. The maximum atomic E-state index is 13.7. The van der Waals surface area contributed by atoms with Gasteiger partial charge in [0.15, 0.2) is 0 Å². The van der Waals surface area contributed by atoms with Crippen LogP contribution in [0.1, 0.15) is 22.7 Å². The zero-order valence-corrected chi connectivity index (χ0v) is 14.9. The van der Waals surface area contributed by atoms with Gasteiger partial charge in [-0.1, -0.05) is 66.7 Å². The van der Waals surface area contributed by atoms with Crippen LogP contribution in [0.4, 0.5) is 18.0 Å². The van der Waals surface area contributed by atoms with Crippen LogP contribution in [0.3, 0.4) is 0 Å². The SMILES string of the molecule is C=C1CN(C(=O)OCc2ccccc2)[C@@H](c2cccc(C)c2)[C@H]1C(F)(F)F. The Bertz CT molecular complexity index is 833. The second-order valence-electron chi connectivity index (χ2n) is 6.70. The molecule has 0 saturated carbocycles. The van der Waals surface area contributed by atoms with Gasteiger partial charge in [-0.05, 0) is 23.6 Å². The number of aryl methyl sites for hydroxylation is 1. The van der Waals surface area contributed by atoms with Gasteiger partial charge >= 0.3 is 12.3 Å². The smallest absolute Gasteiger partial charge is 0.410 e. The molecular weight excluding hydrogens is 355 g/mol. The summed E-state index contributed by atoms with van der Waals surface area (Å²) in [5.41, 5.74) is 1.98. The Morgan fingerprint density at radius 2 is 1.89 bits per heavy atom. The van der Waals surface area contributed by atoms with Crippen molar-refractivity contribution in [2.45, 2.75) is 25.7 Å². The predicted molar refractivity (Wildman–Crippen MR) is 95.9 cm³/mol. The van der Waals surface area contributed by atoms with Crippen molar-refractivity contribution in [1.29, 1.82) is 0 Å². The van der Waals surface area contributed by atoms with Crippen LogP contribution >= 0.6 is 0 Å². The number of nitrogens with zero attached hydrogens (tertiary/aromatic N) is 1. The molecule has 0 N–H and O–H groups in total. The van der Waals surface area contributed by atoms with Gasteiger partial charge in [-0.25, -0.2) is 4.79 Å². The number of carbonyl (C=O) groups is 1. The number of amides is 1. The van der Waals surface area contributed by atoms with Gasteiger partial charge in [-0.2, -0.15) is 13.2 Å². The Morgan fingerprint density at radius 3 is 2.52 bits per heavy atom. The minimum Gasteiger partial charge on any atom is -0.445 e. The lowest BCUT2D eigenvalue weighted by atomic mass is 9.90. The van der Waals surface area contributed by atoms with Gasteiger partial charge < -0.3 is 4.74 Å². The van der Waals surface area contributed by atoms with Crippen LogP contribution in [-0.4, -0.2) is 23.7 Å². The molecule has 3 nitrogen and oxygen atoms in total. The molecule has 2 atom stereocenters. The highest BCUT2D eigenvalue weighted by molar-refractivity contribution is 5.70. The van der Waals surface area contributed by atoms with E-state index < -0.39 is 24.2 Å². The van der Waals surface area contributed by atoms with E-state index in [9.17, 15) is 18.0 Å². The maximum Gasteiger partial charge on any atom is 0.410 e. The minimum atomic E-state index is -4.50. The average molecular weight is 375 g/mol. The molecule has 1 aliphatic rings. The van der Waals surface area contributed by atoms with Crippen molar-refractivity contribution in [1.82, 2.24) is 4.90 Å². The van der Waals surface area contributed by atoms with E-state index in [2.05, 4.69) is 6.58 Å². The lowest BCUT2D eigenvalue weighted by Gasteiger charge is -2.29. The molecule has 6 heteroatoms. The molecule has 0 radical (unpaired) electrons. The third kappa shape index (κ3) is 4.15. The van der Waals surface area contributed by atoms with Gasteiger partial charge in [0.2, 0.25) is 0 Å². The zero-order chi connectivity index (χ0) is 19.6. The normalized spacial score (nSPS) is 20.0. The summed E-state index contributed by atoms with van der Waals surface area (Å²) in [6, 6.07) is 14.6. The van der Waals surface area contributed by atoms with E-state index in [4.69, 9.17) is 4.74 Å². The molecular formula is C21H20F3NO2. The Kier molecular flexibility index (Phi) is 5.26. The molecule has 1 saturated heterocycles. The molecule has 0 unspecified atom stereocenters. The summed E-state index contributed by atoms with van der Waals surface area (Å²) in [4.78, 5) is 13.7. The second-order valence-corrected chi connectivity index (χ2v) is 6.70. The fourth-order valence-corrected chi connectivity index (χ4v) is 3.44. The topological polar surface area (TPSA) is 29.5 Å². The summed E-state index contributed by atoms with van der Waals surface area (Å²) in [6.07, 6.45) is -5.28. The van der Waals surface area contributed by atoms with Crippen LogP contribution in [0, 0.1) is 12.8 Å². The first kappa shape index (κ1) is 19.0. The van der Waals surface area contributed by atoms with Crippen LogP contribution in [0.2, 0.25) is 0 Å². The average Bonchev–Trinajstić information content (AvgIpc) is 2.98. The van der Waals surface area contributed by atoms with Gasteiger partial charge in [-0.3, -0.25) is 4.90 Å². The Labute approximate surface area is 156 Å². The lowest BCUT2D eigenvalue weighted by Crippen LogP contribution is -2.36. The van der Waals surface area contributed by atoms with Crippen LogP contribution in [0.15, 0.2) is 66.7 Å². The molecule has 2 aromatic carbocycles. The molecule has 0 aromatic heterocycles. The summed E-state index contributed by atoms with van der Waals surface area (Å²) >= 11 is 0. The standard InChI is InChI=1S/C21H20F3NO2/c1-14-7-6-10-17(11-14)19-18(21(22,23)24)15(2)12-25(19)20(26)27-13-16-8-4-3-5-9-16/h3-11,18-19H,2,12-13H2,1H3/t18-,19-/m0/s1. The number of alkyl halides is 3. The first-order chi connectivity index (χ1) is 12.8. The number of likely N-dealkylation sites (tertiary alicyclic amines) is 1. The Hall–Kier alpha value is -2.76.